The molecule has 2 aromatic heterocycles. The molecular weight excluding hydrogens is 450 g/mol. The summed E-state index contributed by atoms with van der Waals surface area (Å²) < 4.78 is 5.25. The molecule has 0 spiro atoms. The summed E-state index contributed by atoms with van der Waals surface area (Å²) in [7, 11) is 0. The quantitative estimate of drug-likeness (QED) is 0.304. The van der Waals surface area contributed by atoms with Crippen molar-refractivity contribution in [2.75, 3.05) is 18.5 Å². The molecule has 32 heavy (non-hydrogen) atoms. The molecule has 0 bridgehead atoms. The van der Waals surface area contributed by atoms with E-state index >= 15 is 0 Å². The van der Waals surface area contributed by atoms with Gasteiger partial charge in [-0.15, -0.1) is 11.3 Å². The molecule has 0 saturated carbocycles. The van der Waals surface area contributed by atoms with E-state index in [0.29, 0.717) is 23.5 Å². The first kappa shape index (κ1) is 22.1. The lowest BCUT2D eigenvalue weighted by molar-refractivity contribution is -0.380. The molecule has 1 aliphatic rings. The first-order chi connectivity index (χ1) is 15.5. The number of thiophene rings is 2. The first-order valence-electron chi connectivity index (χ1n) is 10.1. The Balaban J connectivity index is 1.58. The number of nitro groups is 1. The van der Waals surface area contributed by atoms with E-state index in [-0.39, 0.29) is 16.5 Å². The van der Waals surface area contributed by atoms with Gasteiger partial charge in [-0.1, -0.05) is 41.7 Å². The van der Waals surface area contributed by atoms with Gasteiger partial charge in [0.2, 0.25) is 0 Å². The maximum absolute atomic E-state index is 12.7. The van der Waals surface area contributed by atoms with Crippen LogP contribution >= 0.6 is 22.7 Å². The Morgan fingerprint density at radius 1 is 1.19 bits per heavy atom. The lowest BCUT2D eigenvalue weighted by Crippen LogP contribution is -2.29. The fourth-order valence-electron chi connectivity index (χ4n) is 3.65. The van der Waals surface area contributed by atoms with Crippen molar-refractivity contribution in [3.63, 3.8) is 0 Å². The van der Waals surface area contributed by atoms with Crippen LogP contribution in [0.1, 0.15) is 43.0 Å². The van der Waals surface area contributed by atoms with E-state index in [4.69, 9.17) is 4.74 Å². The summed E-state index contributed by atoms with van der Waals surface area (Å²) >= 11 is 2.16. The van der Waals surface area contributed by atoms with Gasteiger partial charge in [0.25, 0.3) is 5.91 Å². The zero-order valence-electron chi connectivity index (χ0n) is 17.3. The fraction of sp³-hybridized carbons (Fsp3) is 0.273. The Morgan fingerprint density at radius 2 is 1.97 bits per heavy atom. The third-order valence-electron chi connectivity index (χ3n) is 5.09. The zero-order valence-corrected chi connectivity index (χ0v) is 19.0. The molecule has 3 heterocycles. The highest BCUT2D eigenvalue weighted by molar-refractivity contribution is 7.18. The number of hydrogen-bond donors (Lipinski definition) is 1. The van der Waals surface area contributed by atoms with Gasteiger partial charge in [-0.25, -0.2) is 4.79 Å². The molecular formula is C22H21N3O5S2. The summed E-state index contributed by atoms with van der Waals surface area (Å²) in [6.45, 7) is 4.22. The second-order valence-corrected chi connectivity index (χ2v) is 9.39. The number of anilines is 1. The summed E-state index contributed by atoms with van der Waals surface area (Å²) in [6.07, 6.45) is 0.674. The third kappa shape index (κ3) is 4.72. The Kier molecular flexibility index (Phi) is 6.63. The Bertz CT molecular complexity index is 1160. The van der Waals surface area contributed by atoms with Crippen molar-refractivity contribution in [3.05, 3.63) is 79.0 Å². The van der Waals surface area contributed by atoms with Crippen molar-refractivity contribution in [1.29, 1.82) is 0 Å². The highest BCUT2D eigenvalue weighted by Crippen LogP contribution is 2.38. The lowest BCUT2D eigenvalue weighted by atomic mass is 10.0. The molecule has 3 aromatic rings. The smallest absolute Gasteiger partial charge is 0.341 e. The van der Waals surface area contributed by atoms with Crippen LogP contribution in [-0.2, 0) is 24.2 Å². The second kappa shape index (κ2) is 9.60. The summed E-state index contributed by atoms with van der Waals surface area (Å²) in [4.78, 5) is 39.4. The maximum Gasteiger partial charge on any atom is 0.341 e. The van der Waals surface area contributed by atoms with Crippen molar-refractivity contribution in [3.8, 4) is 0 Å². The summed E-state index contributed by atoms with van der Waals surface area (Å²) in [5.74, 6) is -0.942. The number of nitrogens with zero attached hydrogens (tertiary/aromatic N) is 2. The lowest BCUT2D eigenvalue weighted by Gasteiger charge is -2.27. The zero-order chi connectivity index (χ0) is 22.7. The molecule has 4 rings (SSSR count). The first-order valence-corrected chi connectivity index (χ1v) is 11.7. The second-order valence-electron chi connectivity index (χ2n) is 7.22. The van der Waals surface area contributed by atoms with E-state index in [2.05, 4.69) is 22.3 Å². The molecule has 0 unspecified atom stereocenters. The highest BCUT2D eigenvalue weighted by atomic mass is 32.1. The SMILES string of the molecule is CCOC(=O)c1c(NC(=O)c2ccc([N+](=O)[O-])s2)sc2c1CCN(Cc1ccccc1)C2. The van der Waals surface area contributed by atoms with Gasteiger partial charge in [-0.05, 0) is 30.5 Å². The van der Waals surface area contributed by atoms with Crippen molar-refractivity contribution >= 4 is 44.6 Å². The number of carbonyl (C=O) groups excluding carboxylic acids is 2. The molecule has 8 nitrogen and oxygen atoms in total. The number of ether oxygens (including phenoxy) is 1. The van der Waals surface area contributed by atoms with Gasteiger partial charge in [0.15, 0.2) is 0 Å². The molecule has 0 saturated heterocycles. The minimum absolute atomic E-state index is 0.109. The summed E-state index contributed by atoms with van der Waals surface area (Å²) in [5, 5.41) is 14.0. The summed E-state index contributed by atoms with van der Waals surface area (Å²) in [6, 6.07) is 12.9. The number of hydrogen-bond acceptors (Lipinski definition) is 8. The molecule has 10 heteroatoms. The Labute approximate surface area is 192 Å². The highest BCUT2D eigenvalue weighted by Gasteiger charge is 2.30. The monoisotopic (exact) mass is 471 g/mol. The molecule has 1 aliphatic heterocycles. The van der Waals surface area contributed by atoms with Crippen LogP contribution < -0.4 is 5.32 Å². The minimum Gasteiger partial charge on any atom is -0.462 e. The fourth-order valence-corrected chi connectivity index (χ4v) is 5.64. The van der Waals surface area contributed by atoms with E-state index in [1.807, 2.05) is 18.2 Å². The number of nitrogens with one attached hydrogen (secondary N) is 1. The topological polar surface area (TPSA) is 102 Å². The molecule has 0 radical (unpaired) electrons. The molecule has 166 valence electrons. The average Bonchev–Trinajstić information content (AvgIpc) is 3.39. The van der Waals surface area contributed by atoms with E-state index in [0.717, 1.165) is 34.9 Å². The van der Waals surface area contributed by atoms with E-state index < -0.39 is 16.8 Å². The predicted octanol–water partition coefficient (Wildman–Crippen LogP) is 4.71. The number of rotatable bonds is 7. The van der Waals surface area contributed by atoms with Crippen LogP contribution in [0.3, 0.4) is 0 Å². The van der Waals surface area contributed by atoms with Crippen molar-refractivity contribution in [2.24, 2.45) is 0 Å². The van der Waals surface area contributed by atoms with Crippen LogP contribution in [0.15, 0.2) is 42.5 Å². The van der Waals surface area contributed by atoms with Crippen LogP contribution in [0.2, 0.25) is 0 Å². The van der Waals surface area contributed by atoms with Gasteiger partial charge in [0, 0.05) is 30.6 Å². The molecule has 1 aromatic carbocycles. The number of esters is 1. The Hall–Kier alpha value is -3.08. The predicted molar refractivity (Wildman–Crippen MR) is 123 cm³/mol. The van der Waals surface area contributed by atoms with Crippen LogP contribution in [0, 0.1) is 10.1 Å². The van der Waals surface area contributed by atoms with E-state index in [1.165, 1.54) is 29.0 Å². The largest absolute Gasteiger partial charge is 0.462 e. The van der Waals surface area contributed by atoms with Crippen molar-refractivity contribution in [1.82, 2.24) is 4.90 Å². The standard InChI is InChI=1S/C22H21N3O5S2/c1-2-30-22(27)19-15-10-11-24(12-14-6-4-3-5-7-14)13-17(15)32-21(19)23-20(26)16-8-9-18(31-16)25(28)29/h3-9H,2,10-13H2,1H3,(H,23,26). The van der Waals surface area contributed by atoms with Gasteiger partial charge in [-0.2, -0.15) is 0 Å². The minimum atomic E-state index is -0.531. The third-order valence-corrected chi connectivity index (χ3v) is 7.25. The maximum atomic E-state index is 12.7. The van der Waals surface area contributed by atoms with Gasteiger partial charge in [-0.3, -0.25) is 19.8 Å². The van der Waals surface area contributed by atoms with Gasteiger partial charge >= 0.3 is 11.0 Å². The van der Waals surface area contributed by atoms with Crippen LogP contribution in [-0.4, -0.2) is 34.9 Å². The van der Waals surface area contributed by atoms with E-state index in [1.54, 1.807) is 6.92 Å². The summed E-state index contributed by atoms with van der Waals surface area (Å²) in [5.41, 5.74) is 2.52. The molecule has 1 amide bonds. The normalized spacial score (nSPS) is 13.4. The number of benzene rings is 1. The van der Waals surface area contributed by atoms with Crippen molar-refractivity contribution < 1.29 is 19.2 Å². The average molecular weight is 472 g/mol. The van der Waals surface area contributed by atoms with Gasteiger partial charge in [0.1, 0.15) is 5.00 Å². The Morgan fingerprint density at radius 3 is 2.66 bits per heavy atom. The van der Waals surface area contributed by atoms with E-state index in [9.17, 15) is 19.7 Å². The molecule has 0 fully saturated rings. The number of carbonyl (C=O) groups is 2. The van der Waals surface area contributed by atoms with Gasteiger partial charge in [0.05, 0.1) is 22.0 Å². The number of amides is 1. The molecule has 1 N–H and O–H groups in total. The molecule has 0 aliphatic carbocycles. The van der Waals surface area contributed by atoms with Crippen LogP contribution in [0.25, 0.3) is 0 Å². The van der Waals surface area contributed by atoms with Crippen LogP contribution in [0.4, 0.5) is 10.0 Å². The van der Waals surface area contributed by atoms with Crippen molar-refractivity contribution in [2.45, 2.75) is 26.4 Å². The number of fused-ring (bicyclic) bond motifs is 1. The van der Waals surface area contributed by atoms with Gasteiger partial charge < -0.3 is 10.1 Å². The molecule has 0 atom stereocenters. The van der Waals surface area contributed by atoms with Crippen LogP contribution in [0.5, 0.6) is 0 Å².